The van der Waals surface area contributed by atoms with Crippen LogP contribution in [0.2, 0.25) is 0 Å². The van der Waals surface area contributed by atoms with Gasteiger partial charge < -0.3 is 4.74 Å². The second-order valence-electron chi connectivity index (χ2n) is 2.60. The maximum atomic E-state index is 12.9. The molecule has 0 radical (unpaired) electrons. The third-order valence-electron chi connectivity index (χ3n) is 1.72. The first-order valence-corrected chi connectivity index (χ1v) is 3.58. The number of hydrogen-bond donors (Lipinski definition) is 0. The molecule has 1 rings (SSSR count). The Labute approximate surface area is 70.0 Å². The molecule has 0 saturated heterocycles. The molecule has 3 heteroatoms. The minimum atomic E-state index is -0.565. The quantitative estimate of drug-likeness (QED) is 0.665. The van der Waals surface area contributed by atoms with Gasteiger partial charge in [0.1, 0.15) is 11.6 Å². The fraction of sp³-hybridized carbons (Fsp3) is 0.333. The van der Waals surface area contributed by atoms with Crippen LogP contribution in [-0.4, -0.2) is 7.11 Å². The van der Waals surface area contributed by atoms with Gasteiger partial charge in [0.15, 0.2) is 0 Å². The Morgan fingerprint density at radius 1 is 1.33 bits per heavy atom. The summed E-state index contributed by atoms with van der Waals surface area (Å²) in [6.07, 6.45) is 0. The summed E-state index contributed by atoms with van der Waals surface area (Å²) >= 11 is 0. The molecule has 0 aliphatic carbocycles. The van der Waals surface area contributed by atoms with E-state index >= 15 is 0 Å². The Balaban J connectivity index is 3.09. The Kier molecular flexibility index (Phi) is 2.76. The van der Waals surface area contributed by atoms with Crippen molar-refractivity contribution in [2.24, 2.45) is 0 Å². The number of hydrogen-bond acceptors (Lipinski definition) is 1. The highest BCUT2D eigenvalue weighted by Crippen LogP contribution is 2.15. The monoisotopic (exact) mass is 172 g/mol. The molecule has 0 N–H and O–H groups in total. The van der Waals surface area contributed by atoms with Crippen LogP contribution in [0.3, 0.4) is 0 Å². The van der Waals surface area contributed by atoms with E-state index in [1.165, 1.54) is 13.2 Å². The maximum absolute atomic E-state index is 12.9. The van der Waals surface area contributed by atoms with Gasteiger partial charge in [0, 0.05) is 13.2 Å². The summed E-state index contributed by atoms with van der Waals surface area (Å²) in [5, 5.41) is 0. The van der Waals surface area contributed by atoms with Crippen molar-refractivity contribution in [3.05, 3.63) is 34.9 Å². The van der Waals surface area contributed by atoms with Crippen molar-refractivity contribution in [3.63, 3.8) is 0 Å². The molecule has 1 nitrogen and oxygen atoms in total. The molecule has 0 heterocycles. The van der Waals surface area contributed by atoms with E-state index in [4.69, 9.17) is 4.74 Å². The van der Waals surface area contributed by atoms with Gasteiger partial charge >= 0.3 is 0 Å². The second kappa shape index (κ2) is 3.63. The lowest BCUT2D eigenvalue weighted by atomic mass is 10.1. The molecule has 0 bridgehead atoms. The van der Waals surface area contributed by atoms with Gasteiger partial charge in [-0.15, -0.1) is 0 Å². The molecule has 1 aromatic carbocycles. The lowest BCUT2D eigenvalue weighted by Crippen LogP contribution is -1.96. The van der Waals surface area contributed by atoms with Gasteiger partial charge in [-0.3, -0.25) is 0 Å². The van der Waals surface area contributed by atoms with Gasteiger partial charge in [0.25, 0.3) is 0 Å². The average Bonchev–Trinajstić information content (AvgIpc) is 2.00. The minimum absolute atomic E-state index is 0.237. The van der Waals surface area contributed by atoms with Crippen molar-refractivity contribution >= 4 is 0 Å². The highest BCUT2D eigenvalue weighted by Gasteiger charge is 2.05. The van der Waals surface area contributed by atoms with Crippen LogP contribution < -0.4 is 0 Å². The Bertz CT molecular complexity index is 284. The van der Waals surface area contributed by atoms with Crippen molar-refractivity contribution < 1.29 is 13.5 Å². The summed E-state index contributed by atoms with van der Waals surface area (Å²) in [4.78, 5) is 0. The molecule has 0 unspecified atom stereocenters. The average molecular weight is 172 g/mol. The molecule has 0 aliphatic heterocycles. The molecule has 66 valence electrons. The molecular formula is C9H10F2O. The zero-order valence-corrected chi connectivity index (χ0v) is 7.03. The van der Waals surface area contributed by atoms with Crippen LogP contribution in [0.5, 0.6) is 0 Å². The van der Waals surface area contributed by atoms with Gasteiger partial charge in [0.2, 0.25) is 0 Å². The number of halogens is 2. The summed E-state index contributed by atoms with van der Waals surface area (Å²) in [6.45, 7) is 1.84. The fourth-order valence-corrected chi connectivity index (χ4v) is 1.00. The van der Waals surface area contributed by atoms with Crippen LogP contribution in [0.4, 0.5) is 8.78 Å². The van der Waals surface area contributed by atoms with E-state index < -0.39 is 11.6 Å². The third kappa shape index (κ3) is 1.80. The van der Waals surface area contributed by atoms with Crippen molar-refractivity contribution in [2.45, 2.75) is 13.5 Å². The summed E-state index contributed by atoms with van der Waals surface area (Å²) in [5.74, 6) is -1.09. The van der Waals surface area contributed by atoms with E-state index in [0.717, 1.165) is 6.07 Å². The summed E-state index contributed by atoms with van der Waals surface area (Å²) < 4.78 is 30.3. The van der Waals surface area contributed by atoms with Crippen LogP contribution in [0, 0.1) is 18.6 Å². The smallest absolute Gasteiger partial charge is 0.129 e. The van der Waals surface area contributed by atoms with Crippen molar-refractivity contribution in [1.82, 2.24) is 0 Å². The van der Waals surface area contributed by atoms with Crippen LogP contribution >= 0.6 is 0 Å². The first-order chi connectivity index (χ1) is 5.65. The predicted molar refractivity (Wildman–Crippen MR) is 41.8 cm³/mol. The normalized spacial score (nSPS) is 10.3. The summed E-state index contributed by atoms with van der Waals surface area (Å²) in [5.41, 5.74) is 0.994. The molecular weight excluding hydrogens is 162 g/mol. The van der Waals surface area contributed by atoms with E-state index in [9.17, 15) is 8.78 Å². The van der Waals surface area contributed by atoms with E-state index in [2.05, 4.69) is 0 Å². The van der Waals surface area contributed by atoms with Crippen LogP contribution in [0.1, 0.15) is 11.1 Å². The Morgan fingerprint density at radius 2 is 2.00 bits per heavy atom. The maximum Gasteiger partial charge on any atom is 0.129 e. The van der Waals surface area contributed by atoms with E-state index in [-0.39, 0.29) is 6.61 Å². The third-order valence-corrected chi connectivity index (χ3v) is 1.72. The fourth-order valence-electron chi connectivity index (χ4n) is 1.00. The Hall–Kier alpha value is -0.960. The van der Waals surface area contributed by atoms with Gasteiger partial charge in [0.05, 0.1) is 6.61 Å². The molecule has 0 amide bonds. The lowest BCUT2D eigenvalue weighted by Gasteiger charge is -2.05. The van der Waals surface area contributed by atoms with Gasteiger partial charge in [-0.25, -0.2) is 8.78 Å². The standard InChI is InChI=1S/C9H10F2O/c1-6-7(5-12-2)3-8(10)4-9(6)11/h3-4H,5H2,1-2H3. The molecule has 0 spiro atoms. The summed E-state index contributed by atoms with van der Waals surface area (Å²) in [7, 11) is 1.49. The van der Waals surface area contributed by atoms with E-state index in [0.29, 0.717) is 11.1 Å². The minimum Gasteiger partial charge on any atom is -0.380 e. The lowest BCUT2D eigenvalue weighted by molar-refractivity contribution is 0.183. The second-order valence-corrected chi connectivity index (χ2v) is 2.60. The first-order valence-electron chi connectivity index (χ1n) is 3.58. The largest absolute Gasteiger partial charge is 0.380 e. The Morgan fingerprint density at radius 3 is 2.58 bits per heavy atom. The van der Waals surface area contributed by atoms with Crippen molar-refractivity contribution in [2.75, 3.05) is 7.11 Å². The molecule has 0 fully saturated rings. The molecule has 0 aliphatic rings. The number of methoxy groups -OCH3 is 1. The molecule has 0 atom stereocenters. The molecule has 12 heavy (non-hydrogen) atoms. The topological polar surface area (TPSA) is 9.23 Å². The molecule has 0 aromatic heterocycles. The number of benzene rings is 1. The summed E-state index contributed by atoms with van der Waals surface area (Å²) in [6, 6.07) is 2.15. The van der Waals surface area contributed by atoms with Crippen LogP contribution in [0.15, 0.2) is 12.1 Å². The van der Waals surface area contributed by atoms with Crippen LogP contribution in [-0.2, 0) is 11.3 Å². The highest BCUT2D eigenvalue weighted by molar-refractivity contribution is 5.27. The zero-order chi connectivity index (χ0) is 9.14. The molecule has 0 saturated carbocycles. The van der Waals surface area contributed by atoms with Crippen molar-refractivity contribution in [1.29, 1.82) is 0 Å². The highest BCUT2D eigenvalue weighted by atomic mass is 19.1. The first kappa shape index (κ1) is 9.13. The number of rotatable bonds is 2. The zero-order valence-electron chi connectivity index (χ0n) is 7.03. The van der Waals surface area contributed by atoms with E-state index in [1.807, 2.05) is 0 Å². The van der Waals surface area contributed by atoms with Gasteiger partial charge in [-0.05, 0) is 24.1 Å². The van der Waals surface area contributed by atoms with Crippen LogP contribution in [0.25, 0.3) is 0 Å². The predicted octanol–water partition coefficient (Wildman–Crippen LogP) is 2.42. The number of ether oxygens (including phenoxy) is 1. The SMILES string of the molecule is COCc1cc(F)cc(F)c1C. The van der Waals surface area contributed by atoms with Gasteiger partial charge in [-0.1, -0.05) is 0 Å². The van der Waals surface area contributed by atoms with Gasteiger partial charge in [-0.2, -0.15) is 0 Å². The molecule has 1 aromatic rings. The van der Waals surface area contributed by atoms with Crippen molar-refractivity contribution in [3.8, 4) is 0 Å². The van der Waals surface area contributed by atoms with E-state index in [1.54, 1.807) is 6.92 Å².